The Hall–Kier alpha value is -3.87. The molecule has 7 nitrogen and oxygen atoms in total. The number of aliphatic carboxylic acids is 1. The van der Waals surface area contributed by atoms with Gasteiger partial charge in [-0.1, -0.05) is 75.4 Å². The number of aliphatic imine (C=N–C) groups is 1. The van der Waals surface area contributed by atoms with Gasteiger partial charge >= 0.3 is 5.97 Å². The van der Waals surface area contributed by atoms with Gasteiger partial charge in [-0.3, -0.25) is 9.59 Å². The highest BCUT2D eigenvalue weighted by Crippen LogP contribution is 2.33. The molecule has 1 heterocycles. The molecular formula is C31H38N2O5. The molecule has 0 saturated carbocycles. The zero-order valence-electron chi connectivity index (χ0n) is 23.2. The van der Waals surface area contributed by atoms with Crippen molar-refractivity contribution in [1.29, 1.82) is 0 Å². The zero-order valence-corrected chi connectivity index (χ0v) is 23.2. The molecular weight excluding hydrogens is 480 g/mol. The summed E-state index contributed by atoms with van der Waals surface area (Å²) >= 11 is 0. The average Bonchev–Trinajstić information content (AvgIpc) is 3.34. The molecule has 2 atom stereocenters. The van der Waals surface area contributed by atoms with Crippen LogP contribution in [0.15, 0.2) is 76.1 Å². The molecule has 38 heavy (non-hydrogen) atoms. The summed E-state index contributed by atoms with van der Waals surface area (Å²) in [5.74, 6) is -0.967. The van der Waals surface area contributed by atoms with Crippen LogP contribution in [-0.2, 0) is 14.3 Å². The van der Waals surface area contributed by atoms with Gasteiger partial charge in [0.25, 0.3) is 0 Å². The maximum absolute atomic E-state index is 12.7. The van der Waals surface area contributed by atoms with Gasteiger partial charge in [0.1, 0.15) is 29.1 Å². The first kappa shape index (κ1) is 28.7. The molecule has 1 unspecified atom stereocenters. The fraction of sp³-hybridized carbons (Fsp3) is 0.387. The van der Waals surface area contributed by atoms with E-state index in [1.807, 2.05) is 90.1 Å². The summed E-state index contributed by atoms with van der Waals surface area (Å²) in [7, 11) is 1.55. The molecule has 1 aromatic heterocycles. The van der Waals surface area contributed by atoms with E-state index in [0.29, 0.717) is 11.5 Å². The lowest BCUT2D eigenvalue weighted by Crippen LogP contribution is -2.42. The number of amides is 1. The fourth-order valence-corrected chi connectivity index (χ4v) is 4.05. The number of carboxylic acids is 1. The van der Waals surface area contributed by atoms with E-state index in [1.54, 1.807) is 13.1 Å². The van der Waals surface area contributed by atoms with Crippen molar-refractivity contribution < 1.29 is 23.8 Å². The first-order valence-electron chi connectivity index (χ1n) is 12.7. The van der Waals surface area contributed by atoms with Gasteiger partial charge in [0.2, 0.25) is 5.91 Å². The zero-order chi connectivity index (χ0) is 28.1. The first-order chi connectivity index (χ1) is 17.8. The Balaban J connectivity index is 2.03. The van der Waals surface area contributed by atoms with Crippen LogP contribution < -0.4 is 5.32 Å². The average molecular weight is 519 g/mol. The number of likely N-dealkylation sites (N-methyl/N-ethyl adjacent to an activating group) is 1. The highest BCUT2D eigenvalue weighted by molar-refractivity contribution is 5.91. The van der Waals surface area contributed by atoms with Gasteiger partial charge in [-0.25, -0.2) is 4.99 Å². The minimum atomic E-state index is -1.03. The molecule has 7 heteroatoms. The van der Waals surface area contributed by atoms with Crippen molar-refractivity contribution in [3.05, 3.63) is 72.5 Å². The molecule has 2 N–H and O–H groups in total. The molecule has 0 radical (unpaired) electrons. The summed E-state index contributed by atoms with van der Waals surface area (Å²) in [5, 5.41) is 12.4. The predicted octanol–water partition coefficient (Wildman–Crippen LogP) is 6.55. The largest absolute Gasteiger partial charge is 0.481 e. The van der Waals surface area contributed by atoms with Crippen LogP contribution in [0.1, 0.15) is 59.6 Å². The van der Waals surface area contributed by atoms with Gasteiger partial charge in [0.05, 0.1) is 6.42 Å². The van der Waals surface area contributed by atoms with Crippen molar-refractivity contribution in [2.24, 2.45) is 10.4 Å². The third kappa shape index (κ3) is 7.57. The smallest absolute Gasteiger partial charge is 0.304 e. The van der Waals surface area contributed by atoms with Crippen molar-refractivity contribution in [3.63, 3.8) is 0 Å². The maximum Gasteiger partial charge on any atom is 0.304 e. The minimum absolute atomic E-state index is 0.156. The van der Waals surface area contributed by atoms with E-state index in [2.05, 4.69) is 17.4 Å². The van der Waals surface area contributed by atoms with Crippen molar-refractivity contribution in [1.82, 2.24) is 5.32 Å². The number of hydrogen-bond donors (Lipinski definition) is 2. The van der Waals surface area contributed by atoms with E-state index in [4.69, 9.17) is 14.1 Å². The quantitative estimate of drug-likeness (QED) is 0.260. The Morgan fingerprint density at radius 3 is 2.00 bits per heavy atom. The van der Waals surface area contributed by atoms with Crippen LogP contribution in [0.5, 0.6) is 0 Å². The predicted molar refractivity (Wildman–Crippen MR) is 150 cm³/mol. The van der Waals surface area contributed by atoms with Crippen molar-refractivity contribution >= 4 is 17.8 Å². The second kappa shape index (κ2) is 11.7. The van der Waals surface area contributed by atoms with Crippen LogP contribution >= 0.6 is 0 Å². The van der Waals surface area contributed by atoms with Crippen LogP contribution in [0.25, 0.3) is 22.5 Å². The Labute approximate surface area is 224 Å². The lowest BCUT2D eigenvalue weighted by molar-refractivity contribution is -0.137. The molecule has 0 saturated heterocycles. The van der Waals surface area contributed by atoms with E-state index < -0.39 is 28.9 Å². The van der Waals surface area contributed by atoms with E-state index in [9.17, 15) is 14.7 Å². The number of hydrogen-bond acceptors (Lipinski definition) is 5. The Bertz CT molecular complexity index is 1260. The van der Waals surface area contributed by atoms with E-state index >= 15 is 0 Å². The molecule has 1 amide bonds. The van der Waals surface area contributed by atoms with Crippen LogP contribution in [0.2, 0.25) is 0 Å². The standard InChI is InChI=1S/C31H38N2O5/c1-30(2,3)27(28(36)32-7)33-29(38-31(4,5)6)23(19-26(34)35)25-18-17-24(37-25)22-15-13-21(14-16-22)20-11-9-8-10-12-20/h8-18,23,27H,19H2,1-7H3,(H,32,36)(H,34,35)/t23?,27-/m1/s1. The summed E-state index contributed by atoms with van der Waals surface area (Å²) in [5.41, 5.74) is 1.85. The number of carbonyl (C=O) groups excluding carboxylic acids is 1. The summed E-state index contributed by atoms with van der Waals surface area (Å²) < 4.78 is 12.4. The Morgan fingerprint density at radius 2 is 1.47 bits per heavy atom. The lowest BCUT2D eigenvalue weighted by Gasteiger charge is -2.30. The topological polar surface area (TPSA) is 101 Å². The number of rotatable bonds is 8. The normalized spacial score (nSPS) is 14.0. The van der Waals surface area contributed by atoms with E-state index in [1.165, 1.54) is 0 Å². The monoisotopic (exact) mass is 518 g/mol. The van der Waals surface area contributed by atoms with Gasteiger partial charge < -0.3 is 19.6 Å². The SMILES string of the molecule is CNC(=O)[C@@H](N=C(OC(C)(C)C)C(CC(=O)O)c1ccc(-c2ccc(-c3ccccc3)cc2)o1)C(C)(C)C. The number of benzene rings is 2. The number of carboxylic acid groups (broad SMARTS) is 1. The second-order valence-corrected chi connectivity index (χ2v) is 11.4. The van der Waals surface area contributed by atoms with Crippen LogP contribution in [0, 0.1) is 5.41 Å². The lowest BCUT2D eigenvalue weighted by atomic mass is 9.86. The number of furan rings is 1. The van der Waals surface area contributed by atoms with Crippen molar-refractivity contribution in [2.75, 3.05) is 7.05 Å². The summed E-state index contributed by atoms with van der Waals surface area (Å²) in [6.07, 6.45) is -0.306. The highest BCUT2D eigenvalue weighted by Gasteiger charge is 2.36. The number of nitrogens with zero attached hydrogens (tertiary/aromatic N) is 1. The van der Waals surface area contributed by atoms with Gasteiger partial charge in [-0.15, -0.1) is 0 Å². The summed E-state index contributed by atoms with van der Waals surface area (Å²) in [6, 6.07) is 20.8. The number of carbonyl (C=O) groups is 2. The molecule has 0 fully saturated rings. The minimum Gasteiger partial charge on any atom is -0.481 e. The highest BCUT2D eigenvalue weighted by atomic mass is 16.5. The van der Waals surface area contributed by atoms with Gasteiger partial charge in [-0.05, 0) is 49.4 Å². The van der Waals surface area contributed by atoms with Crippen LogP contribution in [0.3, 0.4) is 0 Å². The third-order valence-corrected chi connectivity index (χ3v) is 5.91. The Morgan fingerprint density at radius 1 is 0.895 bits per heavy atom. The summed E-state index contributed by atoms with van der Waals surface area (Å²) in [6.45, 7) is 11.3. The second-order valence-electron chi connectivity index (χ2n) is 11.4. The third-order valence-electron chi connectivity index (χ3n) is 5.91. The molecule has 2 aromatic carbocycles. The van der Waals surface area contributed by atoms with Crippen molar-refractivity contribution in [2.45, 2.75) is 65.5 Å². The number of ether oxygens (including phenoxy) is 1. The molecule has 0 aliphatic carbocycles. The van der Waals surface area contributed by atoms with Crippen LogP contribution in [0.4, 0.5) is 0 Å². The number of nitrogens with one attached hydrogen (secondary N) is 1. The van der Waals surface area contributed by atoms with Crippen LogP contribution in [-0.4, -0.2) is 41.6 Å². The molecule has 0 spiro atoms. The molecule has 0 aliphatic heterocycles. The maximum atomic E-state index is 12.7. The molecule has 3 aromatic rings. The van der Waals surface area contributed by atoms with Gasteiger partial charge in [0.15, 0.2) is 5.90 Å². The Kier molecular flexibility index (Phi) is 8.82. The van der Waals surface area contributed by atoms with E-state index in [0.717, 1.165) is 16.7 Å². The van der Waals surface area contributed by atoms with Crippen molar-refractivity contribution in [3.8, 4) is 22.5 Å². The molecule has 0 bridgehead atoms. The van der Waals surface area contributed by atoms with Gasteiger partial charge in [-0.2, -0.15) is 0 Å². The molecule has 202 valence electrons. The molecule has 3 rings (SSSR count). The van der Waals surface area contributed by atoms with E-state index in [-0.39, 0.29) is 18.2 Å². The first-order valence-corrected chi connectivity index (χ1v) is 12.7. The molecule has 0 aliphatic rings. The summed E-state index contributed by atoms with van der Waals surface area (Å²) in [4.78, 5) is 29.4. The van der Waals surface area contributed by atoms with Gasteiger partial charge in [0, 0.05) is 12.6 Å². The fourth-order valence-electron chi connectivity index (χ4n) is 4.05.